The Morgan fingerprint density at radius 1 is 1.33 bits per heavy atom. The molecule has 2 aromatic heterocycles. The van der Waals surface area contributed by atoms with Crippen molar-refractivity contribution in [1.29, 1.82) is 0 Å². The number of nitrogens with zero attached hydrogens (tertiary/aromatic N) is 3. The lowest BCUT2D eigenvalue weighted by Crippen LogP contribution is -2.54. The first-order valence-corrected chi connectivity index (χ1v) is 9.68. The number of carbonyl (C=O) groups is 1. The van der Waals surface area contributed by atoms with Crippen LogP contribution in [-0.4, -0.2) is 58.8 Å². The van der Waals surface area contributed by atoms with Gasteiger partial charge in [-0.15, -0.1) is 0 Å². The zero-order valence-corrected chi connectivity index (χ0v) is 15.8. The van der Waals surface area contributed by atoms with Gasteiger partial charge in [-0.2, -0.15) is 0 Å². The second kappa shape index (κ2) is 7.48. The molecule has 146 valence electrons. The van der Waals surface area contributed by atoms with E-state index in [4.69, 9.17) is 8.94 Å². The maximum absolute atomic E-state index is 12.6. The van der Waals surface area contributed by atoms with E-state index in [0.717, 1.165) is 56.9 Å². The molecule has 7 nitrogen and oxygen atoms in total. The molecule has 4 rings (SSSR count). The van der Waals surface area contributed by atoms with Gasteiger partial charge in [0.15, 0.2) is 11.5 Å². The third kappa shape index (κ3) is 3.66. The SMILES string of the molecule is Cc1cc(CN2CCC3(CC2)CCN(C(=O)c2ccco2)C[C@H]3CO)on1. The summed E-state index contributed by atoms with van der Waals surface area (Å²) >= 11 is 0. The highest BCUT2D eigenvalue weighted by molar-refractivity contribution is 5.91. The Hall–Kier alpha value is -2.12. The monoisotopic (exact) mass is 373 g/mol. The van der Waals surface area contributed by atoms with Crippen molar-refractivity contribution in [1.82, 2.24) is 15.0 Å². The summed E-state index contributed by atoms with van der Waals surface area (Å²) in [4.78, 5) is 16.8. The Kier molecular flexibility index (Phi) is 5.06. The van der Waals surface area contributed by atoms with E-state index in [2.05, 4.69) is 10.1 Å². The average Bonchev–Trinajstić information content (AvgIpc) is 3.35. The summed E-state index contributed by atoms with van der Waals surface area (Å²) in [6, 6.07) is 5.41. The second-order valence-corrected chi connectivity index (χ2v) is 7.93. The number of rotatable bonds is 4. The van der Waals surface area contributed by atoms with Crippen LogP contribution < -0.4 is 0 Å². The summed E-state index contributed by atoms with van der Waals surface area (Å²) < 4.78 is 10.6. The molecule has 0 radical (unpaired) electrons. The fraction of sp³-hybridized carbons (Fsp3) is 0.600. The molecular weight excluding hydrogens is 346 g/mol. The number of aryl methyl sites for hydroxylation is 1. The summed E-state index contributed by atoms with van der Waals surface area (Å²) in [7, 11) is 0. The number of aromatic nitrogens is 1. The van der Waals surface area contributed by atoms with Gasteiger partial charge in [0.05, 0.1) is 18.5 Å². The maximum atomic E-state index is 12.6. The highest BCUT2D eigenvalue weighted by Gasteiger charge is 2.45. The van der Waals surface area contributed by atoms with Crippen LogP contribution in [0.1, 0.15) is 41.3 Å². The van der Waals surface area contributed by atoms with Gasteiger partial charge in [0.1, 0.15) is 0 Å². The summed E-state index contributed by atoms with van der Waals surface area (Å²) in [5.41, 5.74) is 1.02. The quantitative estimate of drug-likeness (QED) is 0.886. The zero-order chi connectivity index (χ0) is 18.9. The molecule has 0 saturated carbocycles. The molecule has 1 N–H and O–H groups in total. The van der Waals surface area contributed by atoms with E-state index in [1.165, 1.54) is 6.26 Å². The minimum atomic E-state index is -0.0774. The van der Waals surface area contributed by atoms with Crippen LogP contribution in [0.15, 0.2) is 33.4 Å². The van der Waals surface area contributed by atoms with Crippen LogP contribution >= 0.6 is 0 Å². The summed E-state index contributed by atoms with van der Waals surface area (Å²) in [5.74, 6) is 1.31. The zero-order valence-electron chi connectivity index (χ0n) is 15.8. The van der Waals surface area contributed by atoms with E-state index < -0.39 is 0 Å². The van der Waals surface area contributed by atoms with Crippen LogP contribution in [0, 0.1) is 18.3 Å². The van der Waals surface area contributed by atoms with Gasteiger partial charge in [0.2, 0.25) is 0 Å². The fourth-order valence-electron chi connectivity index (χ4n) is 4.63. The minimum absolute atomic E-state index is 0.0774. The summed E-state index contributed by atoms with van der Waals surface area (Å²) in [6.07, 6.45) is 4.52. The Labute approximate surface area is 158 Å². The van der Waals surface area contributed by atoms with E-state index in [-0.39, 0.29) is 23.8 Å². The predicted octanol–water partition coefficient (Wildman–Crippen LogP) is 2.31. The summed E-state index contributed by atoms with van der Waals surface area (Å²) in [6.45, 7) is 6.09. The van der Waals surface area contributed by atoms with Crippen molar-refractivity contribution in [2.45, 2.75) is 32.7 Å². The van der Waals surface area contributed by atoms with Crippen LogP contribution in [0.3, 0.4) is 0 Å². The Bertz CT molecular complexity index is 762. The van der Waals surface area contributed by atoms with Crippen molar-refractivity contribution < 1.29 is 18.8 Å². The van der Waals surface area contributed by atoms with Gasteiger partial charge in [-0.1, -0.05) is 5.16 Å². The number of amides is 1. The van der Waals surface area contributed by atoms with E-state index in [1.807, 2.05) is 17.9 Å². The van der Waals surface area contributed by atoms with Crippen molar-refractivity contribution in [2.24, 2.45) is 11.3 Å². The van der Waals surface area contributed by atoms with Crippen LogP contribution in [0.5, 0.6) is 0 Å². The van der Waals surface area contributed by atoms with Crippen molar-refractivity contribution in [2.75, 3.05) is 32.8 Å². The molecule has 2 fully saturated rings. The molecule has 27 heavy (non-hydrogen) atoms. The van der Waals surface area contributed by atoms with Crippen molar-refractivity contribution in [3.05, 3.63) is 41.7 Å². The number of aliphatic hydroxyl groups excluding tert-OH is 1. The molecule has 0 aromatic carbocycles. The highest BCUT2D eigenvalue weighted by Crippen LogP contribution is 2.45. The molecule has 7 heteroatoms. The summed E-state index contributed by atoms with van der Waals surface area (Å²) in [5, 5.41) is 14.0. The van der Waals surface area contributed by atoms with Crippen LogP contribution in [0.2, 0.25) is 0 Å². The van der Waals surface area contributed by atoms with E-state index >= 15 is 0 Å². The number of piperidine rings is 2. The number of likely N-dealkylation sites (tertiary alicyclic amines) is 2. The van der Waals surface area contributed by atoms with Crippen molar-refractivity contribution in [3.63, 3.8) is 0 Å². The molecule has 2 aliphatic heterocycles. The predicted molar refractivity (Wildman–Crippen MR) is 98.0 cm³/mol. The maximum Gasteiger partial charge on any atom is 0.289 e. The largest absolute Gasteiger partial charge is 0.459 e. The van der Waals surface area contributed by atoms with Gasteiger partial charge in [0, 0.05) is 31.7 Å². The van der Waals surface area contributed by atoms with Crippen LogP contribution in [0.4, 0.5) is 0 Å². The molecule has 2 aromatic rings. The third-order valence-corrected chi connectivity index (χ3v) is 6.33. The Balaban J connectivity index is 1.37. The third-order valence-electron chi connectivity index (χ3n) is 6.33. The molecule has 2 saturated heterocycles. The fourth-order valence-corrected chi connectivity index (χ4v) is 4.63. The smallest absolute Gasteiger partial charge is 0.289 e. The Morgan fingerprint density at radius 2 is 2.11 bits per heavy atom. The van der Waals surface area contributed by atoms with Crippen LogP contribution in [0.25, 0.3) is 0 Å². The Morgan fingerprint density at radius 3 is 2.74 bits per heavy atom. The van der Waals surface area contributed by atoms with Gasteiger partial charge in [-0.25, -0.2) is 0 Å². The first kappa shape index (κ1) is 18.3. The topological polar surface area (TPSA) is 83.0 Å². The van der Waals surface area contributed by atoms with Crippen LogP contribution in [-0.2, 0) is 6.54 Å². The molecular formula is C20H27N3O4. The molecule has 1 amide bonds. The molecule has 1 atom stereocenters. The lowest BCUT2D eigenvalue weighted by molar-refractivity contribution is -0.0380. The number of furan rings is 1. The van der Waals surface area contributed by atoms with Gasteiger partial charge in [-0.05, 0) is 56.8 Å². The highest BCUT2D eigenvalue weighted by atomic mass is 16.5. The van der Waals surface area contributed by atoms with E-state index in [1.54, 1.807) is 12.1 Å². The normalized spacial score (nSPS) is 23.0. The van der Waals surface area contributed by atoms with E-state index in [9.17, 15) is 9.90 Å². The van der Waals surface area contributed by atoms with E-state index in [0.29, 0.717) is 12.3 Å². The average molecular weight is 373 g/mol. The number of carbonyl (C=O) groups excluding carboxylic acids is 1. The molecule has 4 heterocycles. The van der Waals surface area contributed by atoms with Gasteiger partial charge in [0.25, 0.3) is 5.91 Å². The van der Waals surface area contributed by atoms with Gasteiger partial charge in [-0.3, -0.25) is 9.69 Å². The molecule has 2 aliphatic rings. The molecule has 0 aliphatic carbocycles. The van der Waals surface area contributed by atoms with Gasteiger partial charge >= 0.3 is 0 Å². The molecule has 0 unspecified atom stereocenters. The van der Waals surface area contributed by atoms with Crippen molar-refractivity contribution >= 4 is 5.91 Å². The van der Waals surface area contributed by atoms with Gasteiger partial charge < -0.3 is 18.9 Å². The minimum Gasteiger partial charge on any atom is -0.459 e. The molecule has 1 spiro atoms. The lowest BCUT2D eigenvalue weighted by atomic mass is 9.64. The van der Waals surface area contributed by atoms with Crippen molar-refractivity contribution in [3.8, 4) is 0 Å². The second-order valence-electron chi connectivity index (χ2n) is 7.93. The first-order chi connectivity index (χ1) is 13.1. The first-order valence-electron chi connectivity index (χ1n) is 9.68. The number of aliphatic hydroxyl groups is 1. The number of hydrogen-bond acceptors (Lipinski definition) is 6. The number of hydrogen-bond donors (Lipinski definition) is 1. The molecule has 0 bridgehead atoms. The standard InChI is InChI=1S/C20H27N3O4/c1-15-11-17(27-21-15)13-22-7-4-20(5-8-22)6-9-23(12-16(20)14-24)19(25)18-3-2-10-26-18/h2-3,10-11,16,24H,4-9,12-14H2,1H3/t16-/m0/s1. The lowest BCUT2D eigenvalue weighted by Gasteiger charge is -2.51.